The van der Waals surface area contributed by atoms with E-state index in [0.29, 0.717) is 12.5 Å². The highest BCUT2D eigenvalue weighted by atomic mass is 16.3. The minimum Gasteiger partial charge on any atom is -0.467 e. The molecule has 100 valence electrons. The second kappa shape index (κ2) is 6.09. The van der Waals surface area contributed by atoms with E-state index >= 15 is 0 Å². The molecule has 2 N–H and O–H groups in total. The summed E-state index contributed by atoms with van der Waals surface area (Å²) in [5.74, 6) is 1.17. The second-order valence-corrected chi connectivity index (χ2v) is 4.67. The van der Waals surface area contributed by atoms with Crippen molar-refractivity contribution in [3.8, 4) is 0 Å². The average molecular weight is 258 g/mol. The SMILES string of the molecule is CC(C)c1cccc(NC(=O)NCc2ccco2)c1. The van der Waals surface area contributed by atoms with Gasteiger partial charge < -0.3 is 15.1 Å². The topological polar surface area (TPSA) is 54.3 Å². The third-order valence-corrected chi connectivity index (χ3v) is 2.81. The van der Waals surface area contributed by atoms with Crippen molar-refractivity contribution in [2.75, 3.05) is 5.32 Å². The summed E-state index contributed by atoms with van der Waals surface area (Å²) in [4.78, 5) is 11.7. The van der Waals surface area contributed by atoms with Gasteiger partial charge >= 0.3 is 6.03 Å². The fourth-order valence-corrected chi connectivity index (χ4v) is 1.73. The van der Waals surface area contributed by atoms with Crippen LogP contribution in [0.1, 0.15) is 31.1 Å². The summed E-state index contributed by atoms with van der Waals surface area (Å²) in [6.07, 6.45) is 1.58. The van der Waals surface area contributed by atoms with Gasteiger partial charge in [0.25, 0.3) is 0 Å². The minimum absolute atomic E-state index is 0.239. The second-order valence-electron chi connectivity index (χ2n) is 4.67. The minimum atomic E-state index is -0.239. The molecule has 2 amide bonds. The number of carbonyl (C=O) groups is 1. The van der Waals surface area contributed by atoms with Gasteiger partial charge in [0.1, 0.15) is 5.76 Å². The zero-order valence-corrected chi connectivity index (χ0v) is 11.1. The summed E-state index contributed by atoms with van der Waals surface area (Å²) in [5.41, 5.74) is 1.99. The van der Waals surface area contributed by atoms with E-state index in [1.807, 2.05) is 24.3 Å². The van der Waals surface area contributed by atoms with E-state index in [4.69, 9.17) is 4.42 Å². The molecule has 0 saturated carbocycles. The fraction of sp³-hybridized carbons (Fsp3) is 0.267. The number of furan rings is 1. The first-order valence-corrected chi connectivity index (χ1v) is 6.32. The molecule has 0 saturated heterocycles. The van der Waals surface area contributed by atoms with E-state index in [-0.39, 0.29) is 6.03 Å². The number of hydrogen-bond acceptors (Lipinski definition) is 2. The molecule has 0 bridgehead atoms. The highest BCUT2D eigenvalue weighted by molar-refractivity contribution is 5.89. The van der Waals surface area contributed by atoms with E-state index in [1.165, 1.54) is 5.56 Å². The first kappa shape index (κ1) is 13.2. The summed E-state index contributed by atoms with van der Waals surface area (Å²) in [6.45, 7) is 4.62. The average Bonchev–Trinajstić information content (AvgIpc) is 2.90. The Labute approximate surface area is 112 Å². The van der Waals surface area contributed by atoms with Gasteiger partial charge in [-0.2, -0.15) is 0 Å². The van der Waals surface area contributed by atoms with Crippen molar-refractivity contribution in [2.45, 2.75) is 26.3 Å². The van der Waals surface area contributed by atoms with Crippen LogP contribution < -0.4 is 10.6 Å². The Kier molecular flexibility index (Phi) is 4.23. The largest absolute Gasteiger partial charge is 0.467 e. The number of urea groups is 1. The third-order valence-electron chi connectivity index (χ3n) is 2.81. The van der Waals surface area contributed by atoms with Gasteiger partial charge in [0.2, 0.25) is 0 Å². The number of anilines is 1. The summed E-state index contributed by atoms with van der Waals surface area (Å²) >= 11 is 0. The summed E-state index contributed by atoms with van der Waals surface area (Å²) in [5, 5.41) is 5.55. The molecule has 1 aromatic carbocycles. The predicted molar refractivity (Wildman–Crippen MR) is 75.1 cm³/mol. The lowest BCUT2D eigenvalue weighted by molar-refractivity contribution is 0.251. The smallest absolute Gasteiger partial charge is 0.319 e. The summed E-state index contributed by atoms with van der Waals surface area (Å²) < 4.78 is 5.14. The van der Waals surface area contributed by atoms with Crippen LogP contribution in [-0.2, 0) is 6.54 Å². The van der Waals surface area contributed by atoms with Crippen molar-refractivity contribution in [1.29, 1.82) is 0 Å². The number of carbonyl (C=O) groups excluding carboxylic acids is 1. The van der Waals surface area contributed by atoms with Crippen molar-refractivity contribution in [1.82, 2.24) is 5.32 Å². The first-order valence-electron chi connectivity index (χ1n) is 6.32. The van der Waals surface area contributed by atoms with E-state index in [0.717, 1.165) is 11.4 Å². The lowest BCUT2D eigenvalue weighted by Gasteiger charge is -2.10. The maximum absolute atomic E-state index is 11.7. The maximum Gasteiger partial charge on any atom is 0.319 e. The van der Waals surface area contributed by atoms with Gasteiger partial charge in [0, 0.05) is 5.69 Å². The van der Waals surface area contributed by atoms with Crippen molar-refractivity contribution in [3.05, 3.63) is 54.0 Å². The monoisotopic (exact) mass is 258 g/mol. The standard InChI is InChI=1S/C15H18N2O2/c1-11(2)12-5-3-6-13(9-12)17-15(18)16-10-14-7-4-8-19-14/h3-9,11H,10H2,1-2H3,(H2,16,17,18). The number of rotatable bonds is 4. The van der Waals surface area contributed by atoms with Crippen LogP contribution in [0.15, 0.2) is 47.1 Å². The molecule has 4 heteroatoms. The Morgan fingerprint density at radius 3 is 2.79 bits per heavy atom. The molecule has 0 aliphatic rings. The molecule has 0 spiro atoms. The highest BCUT2D eigenvalue weighted by Crippen LogP contribution is 2.18. The summed E-state index contributed by atoms with van der Waals surface area (Å²) in [6, 6.07) is 11.2. The van der Waals surface area contributed by atoms with Crippen LogP contribution >= 0.6 is 0 Å². The van der Waals surface area contributed by atoms with Crippen LogP contribution in [-0.4, -0.2) is 6.03 Å². The van der Waals surface area contributed by atoms with Gasteiger partial charge in [0.15, 0.2) is 0 Å². The molecule has 0 fully saturated rings. The quantitative estimate of drug-likeness (QED) is 0.878. The van der Waals surface area contributed by atoms with E-state index in [1.54, 1.807) is 12.3 Å². The molecular weight excluding hydrogens is 240 g/mol. The molecule has 2 rings (SSSR count). The van der Waals surface area contributed by atoms with Crippen LogP contribution in [0.5, 0.6) is 0 Å². The van der Waals surface area contributed by atoms with Gasteiger partial charge in [-0.15, -0.1) is 0 Å². The molecule has 1 aromatic heterocycles. The Balaban J connectivity index is 1.89. The Hall–Kier alpha value is -2.23. The van der Waals surface area contributed by atoms with E-state index in [9.17, 15) is 4.79 Å². The van der Waals surface area contributed by atoms with E-state index < -0.39 is 0 Å². The van der Waals surface area contributed by atoms with Crippen LogP contribution in [0.25, 0.3) is 0 Å². The predicted octanol–water partition coefficient (Wildman–Crippen LogP) is 3.72. The zero-order valence-electron chi connectivity index (χ0n) is 11.1. The van der Waals surface area contributed by atoms with Crippen molar-refractivity contribution in [3.63, 3.8) is 0 Å². The lowest BCUT2D eigenvalue weighted by Crippen LogP contribution is -2.28. The molecule has 0 radical (unpaired) electrons. The molecule has 0 unspecified atom stereocenters. The van der Waals surface area contributed by atoms with E-state index in [2.05, 4.69) is 30.5 Å². The number of nitrogens with one attached hydrogen (secondary N) is 2. The molecule has 0 aliphatic heterocycles. The van der Waals surface area contributed by atoms with Crippen LogP contribution in [0.2, 0.25) is 0 Å². The number of benzene rings is 1. The fourth-order valence-electron chi connectivity index (χ4n) is 1.73. The van der Waals surface area contributed by atoms with Gasteiger partial charge in [-0.25, -0.2) is 4.79 Å². The molecule has 4 nitrogen and oxygen atoms in total. The van der Waals surface area contributed by atoms with Gasteiger partial charge in [-0.1, -0.05) is 26.0 Å². The van der Waals surface area contributed by atoms with Crippen molar-refractivity contribution >= 4 is 11.7 Å². The Morgan fingerprint density at radius 2 is 2.11 bits per heavy atom. The zero-order chi connectivity index (χ0) is 13.7. The van der Waals surface area contributed by atoms with Crippen LogP contribution in [0, 0.1) is 0 Å². The number of hydrogen-bond donors (Lipinski definition) is 2. The molecule has 0 aliphatic carbocycles. The maximum atomic E-state index is 11.7. The Bertz CT molecular complexity index is 533. The first-order chi connectivity index (χ1) is 9.15. The summed E-state index contributed by atoms with van der Waals surface area (Å²) in [7, 11) is 0. The highest BCUT2D eigenvalue weighted by Gasteiger charge is 2.04. The normalized spacial score (nSPS) is 10.5. The van der Waals surface area contributed by atoms with Gasteiger partial charge in [-0.05, 0) is 35.7 Å². The molecule has 0 atom stereocenters. The molecule has 2 aromatic rings. The third kappa shape index (κ3) is 3.88. The van der Waals surface area contributed by atoms with Crippen molar-refractivity contribution < 1.29 is 9.21 Å². The van der Waals surface area contributed by atoms with Gasteiger partial charge in [-0.3, -0.25) is 0 Å². The Morgan fingerprint density at radius 1 is 1.26 bits per heavy atom. The molecule has 1 heterocycles. The molecular formula is C15H18N2O2. The van der Waals surface area contributed by atoms with Crippen LogP contribution in [0.4, 0.5) is 10.5 Å². The molecule has 19 heavy (non-hydrogen) atoms. The van der Waals surface area contributed by atoms with Crippen LogP contribution in [0.3, 0.4) is 0 Å². The number of amides is 2. The lowest BCUT2D eigenvalue weighted by atomic mass is 10.0. The van der Waals surface area contributed by atoms with Crippen molar-refractivity contribution in [2.24, 2.45) is 0 Å². The van der Waals surface area contributed by atoms with Gasteiger partial charge in [0.05, 0.1) is 12.8 Å².